The lowest BCUT2D eigenvalue weighted by Crippen LogP contribution is -2.45. The molecule has 7 heteroatoms. The lowest BCUT2D eigenvalue weighted by molar-refractivity contribution is -0.0705. The normalized spacial score (nSPS) is 21.7. The molecule has 1 aromatic carbocycles. The predicted octanol–water partition coefficient (Wildman–Crippen LogP) is 3.00. The molecule has 0 aromatic heterocycles. The van der Waals surface area contributed by atoms with Crippen molar-refractivity contribution in [2.45, 2.75) is 59.0 Å². The molecular formula is C21H37IN4O2. The van der Waals surface area contributed by atoms with Crippen LogP contribution in [0.1, 0.15) is 38.8 Å². The number of hydrogen-bond acceptors (Lipinski definition) is 4. The molecule has 1 aliphatic rings. The summed E-state index contributed by atoms with van der Waals surface area (Å²) in [6.07, 6.45) is 0.566. The fourth-order valence-electron chi connectivity index (χ4n) is 3.53. The number of benzene rings is 1. The summed E-state index contributed by atoms with van der Waals surface area (Å²) in [5.41, 5.74) is 2.60. The van der Waals surface area contributed by atoms with E-state index in [1.807, 2.05) is 0 Å². The highest BCUT2D eigenvalue weighted by Crippen LogP contribution is 2.17. The van der Waals surface area contributed by atoms with Gasteiger partial charge in [0.1, 0.15) is 0 Å². The molecule has 1 fully saturated rings. The Labute approximate surface area is 187 Å². The lowest BCUT2D eigenvalue weighted by atomic mass is 10.1. The molecule has 1 aliphatic heterocycles. The van der Waals surface area contributed by atoms with Gasteiger partial charge in [-0.2, -0.15) is 0 Å². The second kappa shape index (κ2) is 13.3. The highest BCUT2D eigenvalue weighted by atomic mass is 127. The van der Waals surface area contributed by atoms with E-state index >= 15 is 0 Å². The molecule has 0 amide bonds. The monoisotopic (exact) mass is 504 g/mol. The van der Waals surface area contributed by atoms with Gasteiger partial charge in [-0.25, -0.2) is 4.99 Å². The van der Waals surface area contributed by atoms with Crippen LogP contribution in [0, 0.1) is 0 Å². The minimum Gasteiger partial charge on any atom is -0.383 e. The maximum absolute atomic E-state index is 5.86. The number of guanidine groups is 1. The van der Waals surface area contributed by atoms with Crippen LogP contribution >= 0.6 is 24.0 Å². The summed E-state index contributed by atoms with van der Waals surface area (Å²) in [6, 6.07) is 8.80. The van der Waals surface area contributed by atoms with Crippen molar-refractivity contribution < 1.29 is 9.47 Å². The number of nitrogens with one attached hydrogen (secondary N) is 2. The summed E-state index contributed by atoms with van der Waals surface area (Å²) >= 11 is 0. The third-order valence-electron chi connectivity index (χ3n) is 4.56. The summed E-state index contributed by atoms with van der Waals surface area (Å²) < 4.78 is 11.1. The number of ether oxygens (including phenoxy) is 2. The first-order valence-corrected chi connectivity index (χ1v) is 10.00. The zero-order valence-corrected chi connectivity index (χ0v) is 20.2. The second-order valence-electron chi connectivity index (χ2n) is 7.42. The van der Waals surface area contributed by atoms with Crippen molar-refractivity contribution in [1.82, 2.24) is 15.5 Å². The van der Waals surface area contributed by atoms with Gasteiger partial charge in [0.2, 0.25) is 0 Å². The Morgan fingerprint density at radius 3 is 2.50 bits per heavy atom. The van der Waals surface area contributed by atoms with Crippen LogP contribution in [0.3, 0.4) is 0 Å². The van der Waals surface area contributed by atoms with Crippen LogP contribution < -0.4 is 10.6 Å². The molecule has 3 unspecified atom stereocenters. The first-order chi connectivity index (χ1) is 13.0. The van der Waals surface area contributed by atoms with Crippen molar-refractivity contribution in [3.8, 4) is 0 Å². The Bertz CT molecular complexity index is 590. The quantitative estimate of drug-likeness (QED) is 0.324. The fourth-order valence-corrected chi connectivity index (χ4v) is 3.53. The first kappa shape index (κ1) is 25.1. The van der Waals surface area contributed by atoms with Crippen molar-refractivity contribution in [2.75, 3.05) is 33.4 Å². The Kier molecular flexibility index (Phi) is 12.0. The SMILES string of the molecule is CCNC(=NCc1ccccc1CN1CC(C)OC(C)C1)NC(C)COC.I. The van der Waals surface area contributed by atoms with E-state index in [0.29, 0.717) is 13.2 Å². The molecule has 1 heterocycles. The van der Waals surface area contributed by atoms with Crippen molar-refractivity contribution in [1.29, 1.82) is 0 Å². The van der Waals surface area contributed by atoms with Gasteiger partial charge in [-0.15, -0.1) is 24.0 Å². The molecule has 0 radical (unpaired) electrons. The minimum absolute atomic E-state index is 0. The predicted molar refractivity (Wildman–Crippen MR) is 126 cm³/mol. The number of halogens is 1. The van der Waals surface area contributed by atoms with E-state index in [2.05, 4.69) is 67.5 Å². The van der Waals surface area contributed by atoms with Gasteiger partial charge in [0.15, 0.2) is 5.96 Å². The number of methoxy groups -OCH3 is 1. The highest BCUT2D eigenvalue weighted by molar-refractivity contribution is 14.0. The summed E-state index contributed by atoms with van der Waals surface area (Å²) in [6.45, 7) is 13.5. The molecule has 0 spiro atoms. The number of rotatable bonds is 8. The van der Waals surface area contributed by atoms with Gasteiger partial charge in [-0.3, -0.25) is 4.90 Å². The number of hydrogen-bond donors (Lipinski definition) is 2. The highest BCUT2D eigenvalue weighted by Gasteiger charge is 2.22. The van der Waals surface area contributed by atoms with E-state index in [0.717, 1.165) is 32.1 Å². The Morgan fingerprint density at radius 1 is 1.25 bits per heavy atom. The molecule has 160 valence electrons. The van der Waals surface area contributed by atoms with Crippen LogP contribution in [0.15, 0.2) is 29.3 Å². The third-order valence-corrected chi connectivity index (χ3v) is 4.56. The van der Waals surface area contributed by atoms with Crippen LogP contribution in [-0.2, 0) is 22.6 Å². The largest absolute Gasteiger partial charge is 0.383 e. The number of aliphatic imine (C=N–C) groups is 1. The molecule has 3 atom stereocenters. The molecular weight excluding hydrogens is 467 g/mol. The Balaban J connectivity index is 0.00000392. The molecule has 6 nitrogen and oxygen atoms in total. The lowest BCUT2D eigenvalue weighted by Gasteiger charge is -2.35. The van der Waals surface area contributed by atoms with Crippen molar-refractivity contribution in [3.63, 3.8) is 0 Å². The van der Waals surface area contributed by atoms with Crippen LogP contribution in [0.5, 0.6) is 0 Å². The zero-order valence-electron chi connectivity index (χ0n) is 17.9. The maximum Gasteiger partial charge on any atom is 0.191 e. The van der Waals surface area contributed by atoms with E-state index < -0.39 is 0 Å². The smallest absolute Gasteiger partial charge is 0.191 e. The third kappa shape index (κ3) is 8.63. The maximum atomic E-state index is 5.86. The van der Waals surface area contributed by atoms with Crippen molar-refractivity contribution in [2.24, 2.45) is 4.99 Å². The molecule has 2 rings (SSSR count). The van der Waals surface area contributed by atoms with Crippen LogP contribution in [-0.4, -0.2) is 62.5 Å². The Hall–Kier alpha value is -0.900. The van der Waals surface area contributed by atoms with Gasteiger partial charge in [-0.1, -0.05) is 24.3 Å². The van der Waals surface area contributed by atoms with Crippen molar-refractivity contribution >= 4 is 29.9 Å². The first-order valence-electron chi connectivity index (χ1n) is 10.00. The topological polar surface area (TPSA) is 58.1 Å². The number of nitrogens with zero attached hydrogens (tertiary/aromatic N) is 2. The van der Waals surface area contributed by atoms with Crippen molar-refractivity contribution in [3.05, 3.63) is 35.4 Å². The minimum atomic E-state index is 0. The van der Waals surface area contributed by atoms with Gasteiger partial charge in [0.05, 0.1) is 25.4 Å². The van der Waals surface area contributed by atoms with Gasteiger partial charge >= 0.3 is 0 Å². The van der Waals surface area contributed by atoms with Gasteiger partial charge < -0.3 is 20.1 Å². The van der Waals surface area contributed by atoms with E-state index in [1.165, 1.54) is 11.1 Å². The van der Waals surface area contributed by atoms with Crippen LogP contribution in [0.4, 0.5) is 0 Å². The summed E-state index contributed by atoms with van der Waals surface area (Å²) in [7, 11) is 1.71. The molecule has 28 heavy (non-hydrogen) atoms. The standard InChI is InChI=1S/C21H36N4O2.HI/c1-6-22-21(24-16(2)15-26-5)23-11-19-9-7-8-10-20(19)14-25-12-17(3)27-18(4)13-25;/h7-10,16-18H,6,11-15H2,1-5H3,(H2,22,23,24);1H. The van der Waals surface area contributed by atoms with E-state index in [1.54, 1.807) is 7.11 Å². The molecule has 1 saturated heterocycles. The van der Waals surface area contributed by atoms with Gasteiger partial charge in [0.25, 0.3) is 0 Å². The van der Waals surface area contributed by atoms with Crippen LogP contribution in [0.2, 0.25) is 0 Å². The molecule has 0 bridgehead atoms. The zero-order chi connectivity index (χ0) is 19.6. The molecule has 2 N–H and O–H groups in total. The van der Waals surface area contributed by atoms with Gasteiger partial charge in [-0.05, 0) is 38.8 Å². The number of morpholine rings is 1. The average Bonchev–Trinajstić information content (AvgIpc) is 2.60. The van der Waals surface area contributed by atoms with E-state index in [-0.39, 0.29) is 42.2 Å². The molecule has 1 aromatic rings. The van der Waals surface area contributed by atoms with E-state index in [9.17, 15) is 0 Å². The second-order valence-corrected chi connectivity index (χ2v) is 7.42. The summed E-state index contributed by atoms with van der Waals surface area (Å²) in [5, 5.41) is 6.70. The molecule has 0 saturated carbocycles. The van der Waals surface area contributed by atoms with Gasteiger partial charge in [0, 0.05) is 39.3 Å². The average molecular weight is 504 g/mol. The molecule has 0 aliphatic carbocycles. The summed E-state index contributed by atoms with van der Waals surface area (Å²) in [5.74, 6) is 0.825. The fraction of sp³-hybridized carbons (Fsp3) is 0.667. The van der Waals surface area contributed by atoms with Crippen LogP contribution in [0.25, 0.3) is 0 Å². The Morgan fingerprint density at radius 2 is 1.89 bits per heavy atom. The summed E-state index contributed by atoms with van der Waals surface area (Å²) in [4.78, 5) is 7.26. The van der Waals surface area contributed by atoms with E-state index in [4.69, 9.17) is 14.5 Å².